The molecule has 1 aromatic heterocycles. The van der Waals surface area contributed by atoms with Crippen LogP contribution in [-0.4, -0.2) is 52.1 Å². The monoisotopic (exact) mass is 305 g/mol. The molecule has 1 saturated carbocycles. The van der Waals surface area contributed by atoms with Crippen LogP contribution in [0, 0.1) is 11.8 Å². The molecule has 3 rings (SSSR count). The Labute approximate surface area is 130 Å². The summed E-state index contributed by atoms with van der Waals surface area (Å²) >= 11 is 0. The van der Waals surface area contributed by atoms with Gasteiger partial charge >= 0.3 is 0 Å². The summed E-state index contributed by atoms with van der Waals surface area (Å²) in [6, 6.07) is 3.49. The number of aliphatic hydroxyl groups is 1. The van der Waals surface area contributed by atoms with E-state index in [1.807, 2.05) is 19.3 Å². The van der Waals surface area contributed by atoms with Crippen molar-refractivity contribution in [3.63, 3.8) is 0 Å². The Morgan fingerprint density at radius 2 is 2.14 bits per heavy atom. The zero-order chi connectivity index (χ0) is 15.7. The van der Waals surface area contributed by atoms with Crippen LogP contribution in [0.4, 0.5) is 0 Å². The highest BCUT2D eigenvalue weighted by Gasteiger charge is 2.36. The molecule has 22 heavy (non-hydrogen) atoms. The third-order valence-electron chi connectivity index (χ3n) is 4.72. The lowest BCUT2D eigenvalue weighted by Gasteiger charge is -2.38. The first-order valence-electron chi connectivity index (χ1n) is 7.92. The van der Waals surface area contributed by atoms with Gasteiger partial charge in [-0.25, -0.2) is 0 Å². The first-order chi connectivity index (χ1) is 10.6. The van der Waals surface area contributed by atoms with E-state index < -0.39 is 0 Å². The Bertz CT molecular complexity index is 565. The number of nitrogens with one attached hydrogen (secondary N) is 1. The molecule has 2 aliphatic rings. The summed E-state index contributed by atoms with van der Waals surface area (Å²) in [4.78, 5) is 26.4. The molecule has 1 aliphatic heterocycles. The minimum absolute atomic E-state index is 0.0189. The third-order valence-corrected chi connectivity index (χ3v) is 4.72. The number of carbonyl (C=O) groups is 2. The van der Waals surface area contributed by atoms with Gasteiger partial charge in [0.2, 0.25) is 5.91 Å². The molecule has 0 aromatic carbocycles. The van der Waals surface area contributed by atoms with E-state index in [-0.39, 0.29) is 36.3 Å². The van der Waals surface area contributed by atoms with Crippen molar-refractivity contribution in [1.29, 1.82) is 0 Å². The summed E-state index contributed by atoms with van der Waals surface area (Å²) in [7, 11) is 1.85. The first-order valence-corrected chi connectivity index (χ1v) is 7.92. The van der Waals surface area contributed by atoms with Crippen molar-refractivity contribution in [3.8, 4) is 0 Å². The van der Waals surface area contributed by atoms with Crippen LogP contribution in [0.25, 0.3) is 0 Å². The minimum Gasteiger partial charge on any atom is -0.396 e. The molecule has 2 fully saturated rings. The van der Waals surface area contributed by atoms with E-state index in [0.717, 1.165) is 12.8 Å². The molecule has 2 amide bonds. The number of carbonyl (C=O) groups excluding carboxylic acids is 2. The Balaban J connectivity index is 1.68. The molecular formula is C16H23N3O3. The fourth-order valence-corrected chi connectivity index (χ4v) is 3.06. The number of hydrogen-bond acceptors (Lipinski definition) is 3. The van der Waals surface area contributed by atoms with Gasteiger partial charge < -0.3 is 19.9 Å². The lowest BCUT2D eigenvalue weighted by Crippen LogP contribution is -2.55. The van der Waals surface area contributed by atoms with Crippen LogP contribution in [0.5, 0.6) is 0 Å². The second-order valence-electron chi connectivity index (χ2n) is 6.38. The molecule has 120 valence electrons. The van der Waals surface area contributed by atoms with E-state index in [4.69, 9.17) is 0 Å². The summed E-state index contributed by atoms with van der Waals surface area (Å²) in [6.07, 6.45) is 4.46. The average Bonchev–Trinajstić information content (AvgIpc) is 3.28. The summed E-state index contributed by atoms with van der Waals surface area (Å²) in [5, 5.41) is 12.5. The van der Waals surface area contributed by atoms with Gasteiger partial charge in [-0.3, -0.25) is 9.59 Å². The third kappa shape index (κ3) is 3.02. The molecular weight excluding hydrogens is 282 g/mol. The Morgan fingerprint density at radius 3 is 2.73 bits per heavy atom. The molecule has 2 heterocycles. The maximum Gasteiger partial charge on any atom is 0.270 e. The predicted octanol–water partition coefficient (Wildman–Crippen LogP) is 0.374. The van der Waals surface area contributed by atoms with Gasteiger partial charge in [-0.2, -0.15) is 0 Å². The SMILES string of the molecule is Cn1cccc1C(=O)N1CC[C@H](CO)[C@H](NC(=O)C2CC2)C1. The van der Waals surface area contributed by atoms with Gasteiger partial charge in [-0.05, 0) is 31.4 Å². The van der Waals surface area contributed by atoms with Crippen LogP contribution in [0.3, 0.4) is 0 Å². The molecule has 1 aromatic rings. The number of nitrogens with zero attached hydrogens (tertiary/aromatic N) is 2. The van der Waals surface area contributed by atoms with Crippen molar-refractivity contribution in [2.24, 2.45) is 18.9 Å². The fourth-order valence-electron chi connectivity index (χ4n) is 3.06. The molecule has 1 aliphatic carbocycles. The zero-order valence-corrected chi connectivity index (χ0v) is 12.9. The van der Waals surface area contributed by atoms with Crippen molar-refractivity contribution in [1.82, 2.24) is 14.8 Å². The van der Waals surface area contributed by atoms with Gasteiger partial charge in [0.1, 0.15) is 5.69 Å². The van der Waals surface area contributed by atoms with Crippen molar-refractivity contribution in [2.45, 2.75) is 25.3 Å². The van der Waals surface area contributed by atoms with Crippen molar-refractivity contribution < 1.29 is 14.7 Å². The molecule has 2 atom stereocenters. The molecule has 0 bridgehead atoms. The van der Waals surface area contributed by atoms with E-state index in [1.165, 1.54) is 0 Å². The molecule has 0 spiro atoms. The summed E-state index contributed by atoms with van der Waals surface area (Å²) in [5.74, 6) is 0.213. The van der Waals surface area contributed by atoms with E-state index in [0.29, 0.717) is 25.2 Å². The Morgan fingerprint density at radius 1 is 1.36 bits per heavy atom. The number of amides is 2. The fraction of sp³-hybridized carbons (Fsp3) is 0.625. The van der Waals surface area contributed by atoms with Gasteiger partial charge in [-0.15, -0.1) is 0 Å². The number of aryl methyl sites for hydroxylation is 1. The first kappa shape index (κ1) is 15.1. The molecule has 0 unspecified atom stereocenters. The molecule has 6 heteroatoms. The normalized spacial score (nSPS) is 25.1. The van der Waals surface area contributed by atoms with Gasteiger partial charge in [0, 0.05) is 44.8 Å². The number of rotatable bonds is 4. The largest absolute Gasteiger partial charge is 0.396 e. The van der Waals surface area contributed by atoms with Crippen LogP contribution >= 0.6 is 0 Å². The van der Waals surface area contributed by atoms with E-state index in [9.17, 15) is 14.7 Å². The average molecular weight is 305 g/mol. The second-order valence-corrected chi connectivity index (χ2v) is 6.38. The van der Waals surface area contributed by atoms with Gasteiger partial charge in [0.15, 0.2) is 0 Å². The Kier molecular flexibility index (Phi) is 4.20. The number of hydrogen-bond donors (Lipinski definition) is 2. The van der Waals surface area contributed by atoms with Crippen molar-refractivity contribution in [3.05, 3.63) is 24.0 Å². The summed E-state index contributed by atoms with van der Waals surface area (Å²) in [5.41, 5.74) is 0.648. The Hall–Kier alpha value is -1.82. The topological polar surface area (TPSA) is 74.6 Å². The number of aliphatic hydroxyl groups excluding tert-OH is 1. The highest BCUT2D eigenvalue weighted by molar-refractivity contribution is 5.93. The number of likely N-dealkylation sites (tertiary alicyclic amines) is 1. The highest BCUT2D eigenvalue weighted by atomic mass is 16.3. The van der Waals surface area contributed by atoms with Crippen LogP contribution in [-0.2, 0) is 11.8 Å². The van der Waals surface area contributed by atoms with Crippen LogP contribution in [0.15, 0.2) is 18.3 Å². The second kappa shape index (κ2) is 6.12. The van der Waals surface area contributed by atoms with E-state index in [1.54, 1.807) is 15.5 Å². The molecule has 1 saturated heterocycles. The molecule has 0 radical (unpaired) electrons. The molecule has 2 N–H and O–H groups in total. The zero-order valence-electron chi connectivity index (χ0n) is 12.9. The predicted molar refractivity (Wildman–Crippen MR) is 81.2 cm³/mol. The van der Waals surface area contributed by atoms with E-state index in [2.05, 4.69) is 5.32 Å². The lowest BCUT2D eigenvalue weighted by molar-refractivity contribution is -0.123. The van der Waals surface area contributed by atoms with Crippen molar-refractivity contribution in [2.75, 3.05) is 19.7 Å². The van der Waals surface area contributed by atoms with Gasteiger partial charge in [0.25, 0.3) is 5.91 Å². The summed E-state index contributed by atoms with van der Waals surface area (Å²) in [6.45, 7) is 1.13. The van der Waals surface area contributed by atoms with Crippen LogP contribution < -0.4 is 5.32 Å². The summed E-state index contributed by atoms with van der Waals surface area (Å²) < 4.78 is 1.80. The standard InChI is InChI=1S/C16H23N3O3/c1-18-7-2-3-14(18)16(22)19-8-6-12(10-20)13(9-19)17-15(21)11-4-5-11/h2-3,7,11-13,20H,4-6,8-10H2,1H3,(H,17,21)/t12-,13-/m1/s1. The number of aromatic nitrogens is 1. The van der Waals surface area contributed by atoms with Gasteiger partial charge in [0.05, 0.1) is 6.04 Å². The van der Waals surface area contributed by atoms with Crippen LogP contribution in [0.2, 0.25) is 0 Å². The van der Waals surface area contributed by atoms with Crippen molar-refractivity contribution >= 4 is 11.8 Å². The maximum atomic E-state index is 12.6. The minimum atomic E-state index is -0.156. The lowest BCUT2D eigenvalue weighted by atomic mass is 9.92. The van der Waals surface area contributed by atoms with Gasteiger partial charge in [-0.1, -0.05) is 0 Å². The van der Waals surface area contributed by atoms with E-state index >= 15 is 0 Å². The highest BCUT2D eigenvalue weighted by Crippen LogP contribution is 2.30. The molecule has 6 nitrogen and oxygen atoms in total. The maximum absolute atomic E-state index is 12.6. The van der Waals surface area contributed by atoms with Crippen LogP contribution in [0.1, 0.15) is 29.8 Å². The quantitative estimate of drug-likeness (QED) is 0.844. The number of piperidine rings is 1. The smallest absolute Gasteiger partial charge is 0.270 e.